The second kappa shape index (κ2) is 9.22. The van der Waals surface area contributed by atoms with Crippen LogP contribution in [0.25, 0.3) is 0 Å². The van der Waals surface area contributed by atoms with Gasteiger partial charge in [0.05, 0.1) is 19.4 Å². The van der Waals surface area contributed by atoms with Gasteiger partial charge in [-0.25, -0.2) is 4.39 Å². The van der Waals surface area contributed by atoms with Crippen LogP contribution in [0.15, 0.2) is 36.4 Å². The first-order chi connectivity index (χ1) is 14.2. The molecule has 0 atom stereocenters. The van der Waals surface area contributed by atoms with Crippen LogP contribution in [0.5, 0.6) is 23.0 Å². The van der Waals surface area contributed by atoms with Gasteiger partial charge in [-0.15, -0.1) is 0 Å². The average molecular weight is 402 g/mol. The molecule has 0 amide bonds. The molecular weight excluding hydrogens is 375 g/mol. The van der Waals surface area contributed by atoms with Crippen molar-refractivity contribution in [3.8, 4) is 23.0 Å². The van der Waals surface area contributed by atoms with Crippen LogP contribution in [-0.2, 0) is 0 Å². The highest BCUT2D eigenvalue weighted by Crippen LogP contribution is 2.39. The molecule has 2 aromatic carbocycles. The van der Waals surface area contributed by atoms with Crippen LogP contribution in [0.1, 0.15) is 6.42 Å². The molecule has 0 N–H and O–H groups in total. The van der Waals surface area contributed by atoms with Crippen LogP contribution in [0, 0.1) is 5.82 Å². The summed E-state index contributed by atoms with van der Waals surface area (Å²) in [6.07, 6.45) is 0.901. The number of rotatable bonds is 7. The Hall–Kier alpha value is -2.67. The molecule has 6 nitrogen and oxygen atoms in total. The molecule has 0 spiro atoms. The highest BCUT2D eigenvalue weighted by Gasteiger charge is 2.23. The predicted molar refractivity (Wildman–Crippen MR) is 109 cm³/mol. The standard InChI is InChI=1S/C22H27FN2O4/c1-26-21-16-17(23)6-7-19(21)27-13-3-8-24-9-11-25(12-10-24)18-4-2-5-20-22(18)29-15-14-28-20/h2,4-7,16H,3,8-15H2,1H3. The Balaban J connectivity index is 1.23. The topological polar surface area (TPSA) is 43.4 Å². The summed E-state index contributed by atoms with van der Waals surface area (Å²) in [7, 11) is 1.52. The number of fused-ring (bicyclic) bond motifs is 1. The number of hydrogen-bond donors (Lipinski definition) is 0. The van der Waals surface area contributed by atoms with Crippen molar-refractivity contribution >= 4 is 5.69 Å². The average Bonchev–Trinajstić information content (AvgIpc) is 2.77. The minimum atomic E-state index is -0.330. The Kier molecular flexibility index (Phi) is 6.24. The van der Waals surface area contributed by atoms with E-state index < -0.39 is 0 Å². The third kappa shape index (κ3) is 4.67. The van der Waals surface area contributed by atoms with Crippen molar-refractivity contribution < 1.29 is 23.3 Å². The Morgan fingerprint density at radius 1 is 1.00 bits per heavy atom. The molecule has 29 heavy (non-hydrogen) atoms. The summed E-state index contributed by atoms with van der Waals surface area (Å²) in [5, 5.41) is 0. The first kappa shape index (κ1) is 19.6. The molecule has 2 aliphatic heterocycles. The smallest absolute Gasteiger partial charge is 0.184 e. The summed E-state index contributed by atoms with van der Waals surface area (Å²) in [5.41, 5.74) is 1.12. The van der Waals surface area contributed by atoms with Gasteiger partial charge in [0.15, 0.2) is 23.0 Å². The Morgan fingerprint density at radius 3 is 2.66 bits per heavy atom. The zero-order valence-electron chi connectivity index (χ0n) is 16.7. The summed E-state index contributed by atoms with van der Waals surface area (Å²) in [6.45, 7) is 6.62. The number of benzene rings is 2. The molecule has 2 heterocycles. The van der Waals surface area contributed by atoms with E-state index in [4.69, 9.17) is 18.9 Å². The summed E-state index contributed by atoms with van der Waals surface area (Å²) in [6, 6.07) is 10.4. The molecule has 156 valence electrons. The van der Waals surface area contributed by atoms with Gasteiger partial charge in [-0.3, -0.25) is 4.90 Å². The molecule has 0 unspecified atom stereocenters. The third-order valence-corrected chi connectivity index (χ3v) is 5.26. The van der Waals surface area contributed by atoms with E-state index in [2.05, 4.69) is 15.9 Å². The highest BCUT2D eigenvalue weighted by molar-refractivity contribution is 5.65. The lowest BCUT2D eigenvalue weighted by atomic mass is 10.2. The van der Waals surface area contributed by atoms with Gasteiger partial charge in [0, 0.05) is 38.8 Å². The van der Waals surface area contributed by atoms with Gasteiger partial charge in [-0.2, -0.15) is 0 Å². The fourth-order valence-corrected chi connectivity index (χ4v) is 3.75. The third-order valence-electron chi connectivity index (χ3n) is 5.26. The van der Waals surface area contributed by atoms with Crippen molar-refractivity contribution in [1.29, 1.82) is 0 Å². The normalized spacial score (nSPS) is 16.6. The molecule has 7 heteroatoms. The van der Waals surface area contributed by atoms with Crippen molar-refractivity contribution in [1.82, 2.24) is 4.90 Å². The number of ether oxygens (including phenoxy) is 4. The summed E-state index contributed by atoms with van der Waals surface area (Å²) >= 11 is 0. The molecule has 2 aromatic rings. The zero-order chi connectivity index (χ0) is 20.1. The van der Waals surface area contributed by atoms with Crippen molar-refractivity contribution in [2.45, 2.75) is 6.42 Å². The van der Waals surface area contributed by atoms with E-state index in [0.29, 0.717) is 31.3 Å². The van der Waals surface area contributed by atoms with Crippen LogP contribution in [0.3, 0.4) is 0 Å². The minimum absolute atomic E-state index is 0.330. The van der Waals surface area contributed by atoms with Crippen molar-refractivity contribution in [2.24, 2.45) is 0 Å². The molecule has 0 aliphatic carbocycles. The second-order valence-corrected chi connectivity index (χ2v) is 7.13. The lowest BCUT2D eigenvalue weighted by Gasteiger charge is -2.37. The predicted octanol–water partition coefficient (Wildman–Crippen LogP) is 3.20. The summed E-state index contributed by atoms with van der Waals surface area (Å²) in [5.74, 6) is 2.38. The van der Waals surface area contributed by atoms with E-state index in [1.807, 2.05) is 12.1 Å². The van der Waals surface area contributed by atoms with E-state index in [9.17, 15) is 4.39 Å². The molecule has 1 saturated heterocycles. The van der Waals surface area contributed by atoms with Gasteiger partial charge in [-0.05, 0) is 30.7 Å². The molecular formula is C22H27FN2O4. The SMILES string of the molecule is COc1cc(F)ccc1OCCCN1CCN(c2cccc3c2OCCO3)CC1. The number of piperazine rings is 1. The van der Waals surface area contributed by atoms with Crippen LogP contribution < -0.4 is 23.8 Å². The lowest BCUT2D eigenvalue weighted by Crippen LogP contribution is -2.47. The Labute approximate surface area is 170 Å². The van der Waals surface area contributed by atoms with E-state index >= 15 is 0 Å². The lowest BCUT2D eigenvalue weighted by molar-refractivity contribution is 0.171. The quantitative estimate of drug-likeness (QED) is 0.663. The van der Waals surface area contributed by atoms with E-state index in [-0.39, 0.29) is 5.82 Å². The molecule has 4 rings (SSSR count). The number of halogens is 1. The summed E-state index contributed by atoms with van der Waals surface area (Å²) in [4.78, 5) is 4.80. The van der Waals surface area contributed by atoms with Crippen molar-refractivity contribution in [3.63, 3.8) is 0 Å². The second-order valence-electron chi connectivity index (χ2n) is 7.13. The fourth-order valence-electron chi connectivity index (χ4n) is 3.75. The summed E-state index contributed by atoms with van der Waals surface area (Å²) < 4.78 is 35.7. The van der Waals surface area contributed by atoms with Gasteiger partial charge in [0.1, 0.15) is 19.0 Å². The molecule has 1 fully saturated rings. The number of methoxy groups -OCH3 is 1. The molecule has 2 aliphatic rings. The first-order valence-corrected chi connectivity index (χ1v) is 10.1. The van der Waals surface area contributed by atoms with Crippen molar-refractivity contribution in [2.75, 3.05) is 64.6 Å². The molecule has 0 bridgehead atoms. The maximum absolute atomic E-state index is 13.3. The van der Waals surface area contributed by atoms with Crippen LogP contribution in [0.2, 0.25) is 0 Å². The van der Waals surface area contributed by atoms with Gasteiger partial charge in [0.2, 0.25) is 0 Å². The molecule has 0 aromatic heterocycles. The van der Waals surface area contributed by atoms with Gasteiger partial charge in [0.25, 0.3) is 0 Å². The van der Waals surface area contributed by atoms with Crippen LogP contribution >= 0.6 is 0 Å². The van der Waals surface area contributed by atoms with Gasteiger partial charge < -0.3 is 23.8 Å². The van der Waals surface area contributed by atoms with Gasteiger partial charge >= 0.3 is 0 Å². The van der Waals surface area contributed by atoms with Crippen LogP contribution in [-0.4, -0.2) is 64.6 Å². The number of anilines is 1. The molecule has 0 saturated carbocycles. The van der Waals surface area contributed by atoms with E-state index in [1.54, 1.807) is 6.07 Å². The number of hydrogen-bond acceptors (Lipinski definition) is 6. The number of para-hydroxylation sites is 1. The van der Waals surface area contributed by atoms with E-state index in [1.165, 1.54) is 19.2 Å². The minimum Gasteiger partial charge on any atom is -0.493 e. The fraction of sp³-hybridized carbons (Fsp3) is 0.455. The Morgan fingerprint density at radius 2 is 1.83 bits per heavy atom. The molecule has 0 radical (unpaired) electrons. The largest absolute Gasteiger partial charge is 0.493 e. The number of nitrogens with zero attached hydrogens (tertiary/aromatic N) is 2. The maximum Gasteiger partial charge on any atom is 0.184 e. The van der Waals surface area contributed by atoms with E-state index in [0.717, 1.165) is 56.3 Å². The highest BCUT2D eigenvalue weighted by atomic mass is 19.1. The Bertz CT molecular complexity index is 824. The van der Waals surface area contributed by atoms with Gasteiger partial charge in [-0.1, -0.05) is 6.07 Å². The monoisotopic (exact) mass is 402 g/mol. The zero-order valence-corrected chi connectivity index (χ0v) is 16.7. The van der Waals surface area contributed by atoms with Crippen LogP contribution in [0.4, 0.5) is 10.1 Å². The maximum atomic E-state index is 13.3. The first-order valence-electron chi connectivity index (χ1n) is 10.1. The van der Waals surface area contributed by atoms with Crippen molar-refractivity contribution in [3.05, 3.63) is 42.2 Å².